The molecule has 1 unspecified atom stereocenters. The highest BCUT2D eigenvalue weighted by atomic mass is 31.0. The summed E-state index contributed by atoms with van der Waals surface area (Å²) in [5.41, 5.74) is 7.28. The molecule has 3 aromatic carbocycles. The highest BCUT2D eigenvalue weighted by Crippen LogP contribution is 2.35. The molecule has 0 amide bonds. The summed E-state index contributed by atoms with van der Waals surface area (Å²) in [6.45, 7) is 15.1. The third kappa shape index (κ3) is 6.02. The van der Waals surface area contributed by atoms with E-state index in [-0.39, 0.29) is 10.8 Å². The number of benzene rings is 3. The minimum absolute atomic E-state index is 0.0771. The van der Waals surface area contributed by atoms with Crippen LogP contribution in [0.1, 0.15) is 40.2 Å². The Kier molecular flexibility index (Phi) is 8.59. The molecule has 0 spiro atoms. The lowest BCUT2D eigenvalue weighted by atomic mass is 9.82. The van der Waals surface area contributed by atoms with Crippen molar-refractivity contribution in [1.82, 2.24) is 4.57 Å². The molecule has 4 aromatic rings. The van der Waals surface area contributed by atoms with Gasteiger partial charge in [0, 0.05) is 39.6 Å². The Morgan fingerprint density at radius 1 is 0.881 bits per heavy atom. The summed E-state index contributed by atoms with van der Waals surface area (Å²) >= 11 is 0. The van der Waals surface area contributed by atoms with E-state index in [1.165, 1.54) is 21.8 Å². The number of aromatic nitrogens is 1. The van der Waals surface area contributed by atoms with E-state index in [9.17, 15) is 0 Å². The van der Waals surface area contributed by atoms with Crippen molar-refractivity contribution in [3.63, 3.8) is 0 Å². The van der Waals surface area contributed by atoms with Crippen LogP contribution >= 0.6 is 9.24 Å². The van der Waals surface area contributed by atoms with E-state index in [4.69, 9.17) is 4.65 Å². The van der Waals surface area contributed by atoms with Gasteiger partial charge in [0.15, 0.2) is 0 Å². The Morgan fingerprint density at radius 3 is 2.14 bits per heavy atom. The number of allylic oxidation sites excluding steroid dienone is 8. The molecule has 0 aliphatic carbocycles. The number of nitrogens with zero attached hydrogens (tertiary/aromatic N) is 2. The predicted molar refractivity (Wildman–Crippen MR) is 189 cm³/mol. The Morgan fingerprint density at radius 2 is 1.50 bits per heavy atom. The predicted octanol–water partition coefficient (Wildman–Crippen LogP) is 9.46. The molecular weight excluding hydrogens is 530 g/mol. The summed E-state index contributed by atoms with van der Waals surface area (Å²) in [6.07, 6.45) is 17.0. The Labute approximate surface area is 253 Å². The van der Waals surface area contributed by atoms with Crippen LogP contribution in [0.15, 0.2) is 133 Å². The summed E-state index contributed by atoms with van der Waals surface area (Å²) in [4.78, 5) is 2.24. The van der Waals surface area contributed by atoms with Gasteiger partial charge in [-0.15, -0.1) is 9.24 Å². The van der Waals surface area contributed by atoms with Gasteiger partial charge in [0.05, 0.1) is 22.3 Å². The molecule has 1 atom stereocenters. The summed E-state index contributed by atoms with van der Waals surface area (Å²) < 4.78 is 8.79. The lowest BCUT2D eigenvalue weighted by Crippen LogP contribution is -2.43. The van der Waals surface area contributed by atoms with Crippen LogP contribution in [0.25, 0.3) is 33.6 Å². The first-order valence-corrected chi connectivity index (χ1v) is 15.1. The van der Waals surface area contributed by atoms with Crippen molar-refractivity contribution in [2.75, 3.05) is 4.90 Å². The van der Waals surface area contributed by atoms with Gasteiger partial charge in [-0.3, -0.25) is 0 Å². The molecular formula is C37H40BN2OP. The van der Waals surface area contributed by atoms with E-state index in [1.807, 2.05) is 6.08 Å². The van der Waals surface area contributed by atoms with E-state index in [0.717, 1.165) is 28.0 Å². The maximum absolute atomic E-state index is 6.51. The molecule has 212 valence electrons. The second-order valence-corrected chi connectivity index (χ2v) is 13.2. The number of hydrogen-bond donors (Lipinski definition) is 0. The first kappa shape index (κ1) is 29.6. The van der Waals surface area contributed by atoms with E-state index in [0.29, 0.717) is 7.48 Å². The van der Waals surface area contributed by atoms with Gasteiger partial charge in [-0.25, -0.2) is 0 Å². The average molecular weight is 571 g/mol. The van der Waals surface area contributed by atoms with Crippen molar-refractivity contribution in [3.05, 3.63) is 139 Å². The molecule has 2 heterocycles. The van der Waals surface area contributed by atoms with E-state index >= 15 is 0 Å². The number of fused-ring (bicyclic) bond motifs is 4. The van der Waals surface area contributed by atoms with Crippen LogP contribution in [-0.4, -0.2) is 22.8 Å². The molecule has 1 aliphatic heterocycles. The third-order valence-electron chi connectivity index (χ3n) is 8.30. The van der Waals surface area contributed by atoms with Gasteiger partial charge in [0.25, 0.3) is 0 Å². The van der Waals surface area contributed by atoms with Gasteiger partial charge in [0.1, 0.15) is 0 Å². The maximum atomic E-state index is 6.51. The monoisotopic (exact) mass is 570 g/mol. The molecule has 5 rings (SSSR count). The molecule has 0 radical (unpaired) electrons. The number of para-hydroxylation sites is 3. The minimum Gasteiger partial charge on any atom is -0.429 e. The van der Waals surface area contributed by atoms with Crippen LogP contribution in [0, 0.1) is 0 Å². The molecule has 0 fully saturated rings. The van der Waals surface area contributed by atoms with Crippen LogP contribution in [0.3, 0.4) is 0 Å². The Bertz CT molecular complexity index is 1730. The molecule has 0 bridgehead atoms. The van der Waals surface area contributed by atoms with Crippen molar-refractivity contribution in [2.24, 2.45) is 0 Å². The van der Waals surface area contributed by atoms with Gasteiger partial charge >= 0.3 is 7.48 Å². The quantitative estimate of drug-likeness (QED) is 0.119. The zero-order chi connectivity index (χ0) is 29.9. The van der Waals surface area contributed by atoms with Crippen molar-refractivity contribution in [2.45, 2.75) is 45.4 Å². The zero-order valence-corrected chi connectivity index (χ0v) is 26.5. The van der Waals surface area contributed by atoms with Gasteiger partial charge in [-0.1, -0.05) is 98.7 Å². The van der Waals surface area contributed by atoms with E-state index in [1.54, 1.807) is 0 Å². The van der Waals surface area contributed by atoms with Gasteiger partial charge < -0.3 is 14.1 Å². The van der Waals surface area contributed by atoms with Crippen LogP contribution in [-0.2, 0) is 4.65 Å². The van der Waals surface area contributed by atoms with Crippen LogP contribution in [0.5, 0.6) is 0 Å². The standard InChI is InChI=1S/C37H40BN2OP/c1-7-28(38-41-36(3,4)37(5,6)42)26-29(39-24-15-14-16-27(2)30-17-8-11-20-33(30)39)23-25-40-34-21-12-9-18-31(34)32-19-10-13-22-35(32)40/h7-26,38H,2,42H2,1,3-6H3/b16-14-,24-15?,25-23+,28-7+,29-26+. The van der Waals surface area contributed by atoms with Crippen molar-refractivity contribution in [1.29, 1.82) is 0 Å². The molecule has 0 saturated carbocycles. The molecule has 5 heteroatoms. The SMILES string of the molecule is C=C1/C=C\C=CN(C(/C=C/n2c3ccccc3c3ccccc32)=C/C(BOC(C)(C)C(C)(C)P)=C\C)c2ccccc21. The fourth-order valence-electron chi connectivity index (χ4n) is 4.97. The van der Waals surface area contributed by atoms with Crippen LogP contribution in [0.2, 0.25) is 0 Å². The first-order valence-electron chi connectivity index (χ1n) is 14.5. The Hall–Kier alpha value is -3.85. The van der Waals surface area contributed by atoms with Crippen molar-refractivity contribution >= 4 is 56.0 Å². The summed E-state index contributed by atoms with van der Waals surface area (Å²) in [6, 6.07) is 25.6. The highest BCUT2D eigenvalue weighted by molar-refractivity contribution is 7.19. The summed E-state index contributed by atoms with van der Waals surface area (Å²) in [5, 5.41) is 2.41. The molecule has 1 aliphatic rings. The lowest BCUT2D eigenvalue weighted by Gasteiger charge is -2.39. The zero-order valence-electron chi connectivity index (χ0n) is 25.3. The van der Waals surface area contributed by atoms with Crippen molar-refractivity contribution < 1.29 is 4.65 Å². The molecule has 1 aromatic heterocycles. The average Bonchev–Trinajstić information content (AvgIpc) is 3.29. The number of hydrogen-bond acceptors (Lipinski definition) is 2. The van der Waals surface area contributed by atoms with Gasteiger partial charge in [-0.05, 0) is 62.8 Å². The minimum atomic E-state index is -0.325. The first-order chi connectivity index (χ1) is 20.1. The smallest absolute Gasteiger partial charge is 0.309 e. The van der Waals surface area contributed by atoms with Crippen LogP contribution in [0.4, 0.5) is 5.69 Å². The second kappa shape index (κ2) is 12.2. The van der Waals surface area contributed by atoms with Gasteiger partial charge in [0.2, 0.25) is 0 Å². The summed E-state index contributed by atoms with van der Waals surface area (Å²) in [5.74, 6) is 0. The summed E-state index contributed by atoms with van der Waals surface area (Å²) in [7, 11) is 3.43. The molecule has 0 N–H and O–H groups in total. The normalized spacial score (nSPS) is 15.8. The number of rotatable bonds is 8. The topological polar surface area (TPSA) is 17.4 Å². The maximum Gasteiger partial charge on any atom is 0.309 e. The fraction of sp³-hybridized carbons (Fsp3) is 0.189. The molecule has 42 heavy (non-hydrogen) atoms. The van der Waals surface area contributed by atoms with E-state index < -0.39 is 0 Å². The fourth-order valence-corrected chi connectivity index (χ4v) is 5.05. The second-order valence-electron chi connectivity index (χ2n) is 11.8. The van der Waals surface area contributed by atoms with Crippen LogP contribution < -0.4 is 4.90 Å². The largest absolute Gasteiger partial charge is 0.429 e. The lowest BCUT2D eigenvalue weighted by molar-refractivity contribution is 0.0832. The third-order valence-corrected chi connectivity index (χ3v) is 8.99. The molecule has 3 nitrogen and oxygen atoms in total. The highest BCUT2D eigenvalue weighted by Gasteiger charge is 2.33. The van der Waals surface area contributed by atoms with Gasteiger partial charge in [-0.2, -0.15) is 0 Å². The number of anilines is 1. The van der Waals surface area contributed by atoms with E-state index in [2.05, 4.69) is 175 Å². The van der Waals surface area contributed by atoms with Crippen molar-refractivity contribution in [3.8, 4) is 0 Å². The Balaban J connectivity index is 1.65. The molecule has 0 saturated heterocycles.